The van der Waals surface area contributed by atoms with Crippen LogP contribution in [0.3, 0.4) is 0 Å². The topological polar surface area (TPSA) is 91.3 Å². The molecule has 1 saturated heterocycles. The van der Waals surface area contributed by atoms with Crippen molar-refractivity contribution in [3.63, 3.8) is 0 Å². The van der Waals surface area contributed by atoms with Crippen molar-refractivity contribution in [2.75, 3.05) is 13.6 Å². The summed E-state index contributed by atoms with van der Waals surface area (Å²) in [6.07, 6.45) is -1.57. The molecule has 0 unspecified atom stereocenters. The number of nitrogens with zero attached hydrogens (tertiary/aromatic N) is 1. The predicted molar refractivity (Wildman–Crippen MR) is 191 cm³/mol. The number of carbonyl (C=O) groups is 1. The highest BCUT2D eigenvalue weighted by Crippen LogP contribution is 2.39. The average Bonchev–Trinajstić information content (AvgIpc) is 3.21. The molecule has 1 aliphatic heterocycles. The van der Waals surface area contributed by atoms with Gasteiger partial charge in [0.2, 0.25) is 5.82 Å². The van der Waals surface area contributed by atoms with Crippen molar-refractivity contribution in [2.45, 2.75) is 57.1 Å². The van der Waals surface area contributed by atoms with E-state index in [0.717, 1.165) is 22.3 Å². The van der Waals surface area contributed by atoms with Crippen LogP contribution >= 0.6 is 0 Å². The number of rotatable bonds is 12. The predicted octanol–water partition coefficient (Wildman–Crippen LogP) is 8.07. The van der Waals surface area contributed by atoms with Crippen molar-refractivity contribution in [1.29, 1.82) is 0 Å². The third kappa shape index (κ3) is 8.38. The third-order valence-electron chi connectivity index (χ3n) is 9.79. The fourth-order valence-electron chi connectivity index (χ4n) is 6.53. The van der Waals surface area contributed by atoms with Gasteiger partial charge in [0.15, 0.2) is 29.6 Å². The summed E-state index contributed by atoms with van der Waals surface area (Å²) in [6, 6.07) is 31.0. The summed E-state index contributed by atoms with van der Waals surface area (Å²) < 4.78 is 82.5. The zero-order valence-corrected chi connectivity index (χ0v) is 29.5. The summed E-state index contributed by atoms with van der Waals surface area (Å²) in [4.78, 5) is 14.7. The fourth-order valence-corrected chi connectivity index (χ4v) is 6.53. The Bertz CT molecular complexity index is 2040. The highest BCUT2D eigenvalue weighted by atomic mass is 19.2. The van der Waals surface area contributed by atoms with Gasteiger partial charge in [0.1, 0.15) is 5.56 Å². The number of aliphatic hydroxyl groups is 2. The second-order valence-electron chi connectivity index (χ2n) is 13.3. The van der Waals surface area contributed by atoms with Crippen molar-refractivity contribution in [3.8, 4) is 11.1 Å². The molecule has 5 atom stereocenters. The zero-order chi connectivity index (χ0) is 38.5. The van der Waals surface area contributed by atoms with Gasteiger partial charge in [0, 0.05) is 31.1 Å². The molecule has 0 aromatic heterocycles. The normalized spacial score (nSPS) is 18.4. The lowest BCUT2D eigenvalue weighted by Crippen LogP contribution is -2.43. The molecule has 5 aromatic carbocycles. The Kier molecular flexibility index (Phi) is 12.2. The molecule has 1 aliphatic rings. The lowest BCUT2D eigenvalue weighted by atomic mass is 9.97. The highest BCUT2D eigenvalue weighted by molar-refractivity contribution is 5.95. The summed E-state index contributed by atoms with van der Waals surface area (Å²) in [6.45, 7) is 2.10. The SMILES string of the molecule is C[C@@H]([C@H](O)c1ccccc1)N(C)C[C@@H]1C[C@H](c2ccc(CO)cc2)O[C@H](c2ccc(-c3ccccc3CNC(=O)c3c(F)c(F)c(F)c(F)c3F)cc2)O1. The Labute approximate surface area is 309 Å². The van der Waals surface area contributed by atoms with Crippen molar-refractivity contribution in [2.24, 2.45) is 0 Å². The molecule has 54 heavy (non-hydrogen) atoms. The Balaban J connectivity index is 1.20. The molecule has 0 radical (unpaired) electrons. The maximum atomic E-state index is 14.3. The van der Waals surface area contributed by atoms with Gasteiger partial charge >= 0.3 is 0 Å². The van der Waals surface area contributed by atoms with Gasteiger partial charge in [0.05, 0.1) is 24.9 Å². The first-order valence-electron chi connectivity index (χ1n) is 17.4. The Morgan fingerprint density at radius 2 is 1.39 bits per heavy atom. The number of amides is 1. The maximum absolute atomic E-state index is 14.3. The molecule has 282 valence electrons. The van der Waals surface area contributed by atoms with E-state index in [-0.39, 0.29) is 31.4 Å². The van der Waals surface area contributed by atoms with Crippen molar-refractivity contribution >= 4 is 5.91 Å². The lowest BCUT2D eigenvalue weighted by Gasteiger charge is -2.39. The smallest absolute Gasteiger partial charge is 0.257 e. The third-order valence-corrected chi connectivity index (χ3v) is 9.79. The van der Waals surface area contributed by atoms with Crippen molar-refractivity contribution in [1.82, 2.24) is 10.2 Å². The van der Waals surface area contributed by atoms with Crippen LogP contribution < -0.4 is 5.32 Å². The largest absolute Gasteiger partial charge is 0.392 e. The highest BCUT2D eigenvalue weighted by Gasteiger charge is 2.34. The Morgan fingerprint density at radius 3 is 2.04 bits per heavy atom. The van der Waals surface area contributed by atoms with Gasteiger partial charge in [0.25, 0.3) is 5.91 Å². The summed E-state index contributed by atoms with van der Waals surface area (Å²) in [5.74, 6) is -12.6. The minimum atomic E-state index is -2.34. The summed E-state index contributed by atoms with van der Waals surface area (Å²) in [5.41, 5.74) is 3.56. The van der Waals surface area contributed by atoms with E-state index in [1.54, 1.807) is 24.3 Å². The van der Waals surface area contributed by atoms with E-state index in [0.29, 0.717) is 29.7 Å². The molecule has 1 heterocycles. The molecule has 0 saturated carbocycles. The van der Waals surface area contributed by atoms with Gasteiger partial charge in [-0.25, -0.2) is 22.0 Å². The van der Waals surface area contributed by atoms with Gasteiger partial charge in [-0.1, -0.05) is 103 Å². The molecule has 7 nitrogen and oxygen atoms in total. The average molecular weight is 747 g/mol. The van der Waals surface area contributed by atoms with Gasteiger partial charge in [-0.15, -0.1) is 0 Å². The number of hydrogen-bond donors (Lipinski definition) is 3. The second-order valence-corrected chi connectivity index (χ2v) is 13.3. The number of likely N-dealkylation sites (N-methyl/N-ethyl adjacent to an activating group) is 1. The molecule has 12 heteroatoms. The van der Waals surface area contributed by atoms with E-state index in [4.69, 9.17) is 9.47 Å². The van der Waals surface area contributed by atoms with E-state index in [2.05, 4.69) is 10.2 Å². The molecule has 1 amide bonds. The summed E-state index contributed by atoms with van der Waals surface area (Å²) in [7, 11) is 1.94. The molecule has 0 spiro atoms. The monoisotopic (exact) mass is 746 g/mol. The molecule has 1 fully saturated rings. The summed E-state index contributed by atoms with van der Waals surface area (Å²) >= 11 is 0. The number of nitrogens with one attached hydrogen (secondary N) is 1. The molecule has 0 bridgehead atoms. The quantitative estimate of drug-likeness (QED) is 0.0680. The van der Waals surface area contributed by atoms with Crippen LogP contribution in [0.5, 0.6) is 0 Å². The van der Waals surface area contributed by atoms with Gasteiger partial charge in [-0.3, -0.25) is 9.69 Å². The van der Waals surface area contributed by atoms with Crippen LogP contribution in [-0.2, 0) is 22.6 Å². The molecule has 6 rings (SSSR count). The number of benzene rings is 5. The molecular formula is C42H39F5N2O5. The van der Waals surface area contributed by atoms with E-state index < -0.39 is 53.0 Å². The fraction of sp³-hybridized carbons (Fsp3) is 0.262. The second kappa shape index (κ2) is 17.0. The Morgan fingerprint density at radius 1 is 0.796 bits per heavy atom. The van der Waals surface area contributed by atoms with Crippen molar-refractivity contribution < 1.29 is 46.4 Å². The van der Waals surface area contributed by atoms with Gasteiger partial charge in [-0.2, -0.15) is 0 Å². The van der Waals surface area contributed by atoms with Crippen LogP contribution in [0, 0.1) is 29.1 Å². The van der Waals surface area contributed by atoms with Gasteiger partial charge < -0.3 is 25.0 Å². The molecule has 0 aliphatic carbocycles. The van der Waals surface area contributed by atoms with Crippen LogP contribution in [0.25, 0.3) is 11.1 Å². The number of hydrogen-bond acceptors (Lipinski definition) is 6. The van der Waals surface area contributed by atoms with E-state index in [9.17, 15) is 37.0 Å². The first-order valence-corrected chi connectivity index (χ1v) is 17.4. The number of ether oxygens (including phenoxy) is 2. The Hall–Kier alpha value is -4.98. The zero-order valence-electron chi connectivity index (χ0n) is 29.5. The maximum Gasteiger partial charge on any atom is 0.257 e. The van der Waals surface area contributed by atoms with Crippen LogP contribution in [-0.4, -0.2) is 46.8 Å². The molecule has 3 N–H and O–H groups in total. The van der Waals surface area contributed by atoms with E-state index in [1.165, 1.54) is 0 Å². The number of halogens is 5. The first kappa shape index (κ1) is 38.7. The minimum Gasteiger partial charge on any atom is -0.392 e. The van der Waals surface area contributed by atoms with Crippen LogP contribution in [0.4, 0.5) is 22.0 Å². The molecular weight excluding hydrogens is 707 g/mol. The van der Waals surface area contributed by atoms with Crippen molar-refractivity contribution in [3.05, 3.63) is 166 Å². The standard InChI is InChI=1S/C42H39F5N2O5/c1-24(40(51)28-8-4-3-5-9-28)49(2)22-31-20-33(27-14-12-25(23-50)13-15-27)54-42(53-31)29-18-16-26(17-19-29)32-11-7-6-10-30(32)21-48-41(52)34-35(43)37(45)39(47)38(46)36(34)44/h3-19,24,31,33,40,42,50-51H,20-23H2,1-2H3,(H,48,52)/t24-,31-,33+,40-,42+/m0/s1. The number of carbonyl (C=O) groups excluding carboxylic acids is 1. The lowest BCUT2D eigenvalue weighted by molar-refractivity contribution is -0.253. The van der Waals surface area contributed by atoms with Gasteiger partial charge in [-0.05, 0) is 47.4 Å². The van der Waals surface area contributed by atoms with Crippen LogP contribution in [0.2, 0.25) is 0 Å². The van der Waals surface area contributed by atoms with E-state index in [1.807, 2.05) is 92.8 Å². The minimum absolute atomic E-state index is 0.0836. The van der Waals surface area contributed by atoms with E-state index >= 15 is 0 Å². The van der Waals surface area contributed by atoms with Crippen LogP contribution in [0.1, 0.15) is 70.0 Å². The number of aliphatic hydroxyl groups excluding tert-OH is 2. The molecule has 5 aromatic rings. The summed E-state index contributed by atoms with van der Waals surface area (Å²) in [5, 5.41) is 22.9. The van der Waals surface area contributed by atoms with Crippen LogP contribution in [0.15, 0.2) is 103 Å². The first-order chi connectivity index (χ1) is 26.0.